The number of aromatic amines is 1. The number of ether oxygens (including phenoxy) is 2. The van der Waals surface area contributed by atoms with E-state index in [1.54, 1.807) is 18.2 Å². The first-order chi connectivity index (χ1) is 12.2. The molecule has 1 amide bonds. The third-order valence-corrected chi connectivity index (χ3v) is 3.68. The standard InChI is InChI=1S/C17H13FN4O3/c18-11-3-1-10(2-4-11)15-16(21-22-20-15)17(23)19-12-5-6-13-14(9-12)25-8-7-24-13/h1-6,9H,7-8H2,(H,19,23)(H,20,21,22). The molecule has 0 saturated carbocycles. The van der Waals surface area contributed by atoms with Crippen LogP contribution in [0, 0.1) is 5.82 Å². The van der Waals surface area contributed by atoms with Gasteiger partial charge in [-0.15, -0.1) is 0 Å². The number of fused-ring (bicyclic) bond motifs is 1. The molecule has 0 bridgehead atoms. The van der Waals surface area contributed by atoms with Gasteiger partial charge in [0.2, 0.25) is 0 Å². The van der Waals surface area contributed by atoms with E-state index in [1.165, 1.54) is 24.3 Å². The minimum absolute atomic E-state index is 0.112. The first kappa shape index (κ1) is 15.1. The normalized spacial score (nSPS) is 12.7. The van der Waals surface area contributed by atoms with E-state index >= 15 is 0 Å². The fourth-order valence-electron chi connectivity index (χ4n) is 2.51. The number of aromatic nitrogens is 3. The van der Waals surface area contributed by atoms with Crippen LogP contribution in [0.25, 0.3) is 11.3 Å². The Morgan fingerprint density at radius 2 is 1.80 bits per heavy atom. The molecule has 126 valence electrons. The minimum Gasteiger partial charge on any atom is -0.486 e. The fraction of sp³-hybridized carbons (Fsp3) is 0.118. The van der Waals surface area contributed by atoms with Crippen LogP contribution in [0.3, 0.4) is 0 Å². The smallest absolute Gasteiger partial charge is 0.278 e. The van der Waals surface area contributed by atoms with E-state index in [0.717, 1.165) is 0 Å². The summed E-state index contributed by atoms with van der Waals surface area (Å²) in [4.78, 5) is 12.5. The van der Waals surface area contributed by atoms with Gasteiger partial charge in [-0.05, 0) is 36.4 Å². The second kappa shape index (κ2) is 6.23. The van der Waals surface area contributed by atoms with Crippen LogP contribution in [0.5, 0.6) is 11.5 Å². The summed E-state index contributed by atoms with van der Waals surface area (Å²) < 4.78 is 24.0. The van der Waals surface area contributed by atoms with Crippen molar-refractivity contribution in [3.63, 3.8) is 0 Å². The van der Waals surface area contributed by atoms with Gasteiger partial charge in [-0.25, -0.2) is 4.39 Å². The third kappa shape index (κ3) is 3.01. The SMILES string of the molecule is O=C(Nc1ccc2c(c1)OCCO2)c1n[nH]nc1-c1ccc(F)cc1. The van der Waals surface area contributed by atoms with Crippen molar-refractivity contribution in [3.8, 4) is 22.8 Å². The van der Waals surface area contributed by atoms with Crippen molar-refractivity contribution >= 4 is 11.6 Å². The summed E-state index contributed by atoms with van der Waals surface area (Å²) in [7, 11) is 0. The Bertz CT molecular complexity index is 924. The van der Waals surface area contributed by atoms with Gasteiger partial charge in [0.25, 0.3) is 5.91 Å². The van der Waals surface area contributed by atoms with Gasteiger partial charge >= 0.3 is 0 Å². The van der Waals surface area contributed by atoms with Gasteiger partial charge < -0.3 is 14.8 Å². The molecule has 0 radical (unpaired) electrons. The first-order valence-corrected chi connectivity index (χ1v) is 7.58. The average molecular weight is 340 g/mol. The molecular weight excluding hydrogens is 327 g/mol. The average Bonchev–Trinajstić information content (AvgIpc) is 3.12. The van der Waals surface area contributed by atoms with Gasteiger partial charge in [-0.3, -0.25) is 4.79 Å². The monoisotopic (exact) mass is 340 g/mol. The van der Waals surface area contributed by atoms with E-state index in [0.29, 0.717) is 41.7 Å². The Labute approximate surface area is 141 Å². The molecule has 7 nitrogen and oxygen atoms in total. The molecule has 2 N–H and O–H groups in total. The van der Waals surface area contributed by atoms with Crippen LogP contribution in [0.4, 0.5) is 10.1 Å². The van der Waals surface area contributed by atoms with Crippen LogP contribution in [0.1, 0.15) is 10.5 Å². The fourth-order valence-corrected chi connectivity index (χ4v) is 2.51. The maximum absolute atomic E-state index is 13.1. The van der Waals surface area contributed by atoms with Crippen LogP contribution in [-0.2, 0) is 0 Å². The highest BCUT2D eigenvalue weighted by atomic mass is 19.1. The van der Waals surface area contributed by atoms with Crippen molar-refractivity contribution in [1.29, 1.82) is 0 Å². The highest BCUT2D eigenvalue weighted by molar-refractivity contribution is 6.06. The highest BCUT2D eigenvalue weighted by Crippen LogP contribution is 2.32. The van der Waals surface area contributed by atoms with Crippen molar-refractivity contribution in [2.24, 2.45) is 0 Å². The van der Waals surface area contributed by atoms with Crippen molar-refractivity contribution < 1.29 is 18.7 Å². The number of H-pyrrole nitrogens is 1. The minimum atomic E-state index is -0.440. The highest BCUT2D eigenvalue weighted by Gasteiger charge is 2.19. The lowest BCUT2D eigenvalue weighted by molar-refractivity contribution is 0.102. The number of hydrogen-bond donors (Lipinski definition) is 2. The Balaban J connectivity index is 1.58. The van der Waals surface area contributed by atoms with Crippen LogP contribution < -0.4 is 14.8 Å². The van der Waals surface area contributed by atoms with Gasteiger partial charge in [0.05, 0.1) is 0 Å². The molecule has 1 aliphatic heterocycles. The van der Waals surface area contributed by atoms with E-state index in [-0.39, 0.29) is 11.5 Å². The summed E-state index contributed by atoms with van der Waals surface area (Å²) in [6, 6.07) is 10.8. The molecule has 1 aliphatic rings. The number of carbonyl (C=O) groups is 1. The predicted molar refractivity (Wildman–Crippen MR) is 87.2 cm³/mol. The summed E-state index contributed by atoms with van der Waals surface area (Å²) >= 11 is 0. The zero-order valence-corrected chi connectivity index (χ0v) is 13.0. The lowest BCUT2D eigenvalue weighted by Gasteiger charge is -2.18. The van der Waals surface area contributed by atoms with Gasteiger partial charge in [-0.1, -0.05) is 0 Å². The molecule has 4 rings (SSSR count). The van der Waals surface area contributed by atoms with Crippen LogP contribution in [0.15, 0.2) is 42.5 Å². The Hall–Kier alpha value is -3.42. The maximum atomic E-state index is 13.1. The molecule has 0 aliphatic carbocycles. The van der Waals surface area contributed by atoms with E-state index in [1.807, 2.05) is 0 Å². The second-order valence-corrected chi connectivity index (χ2v) is 5.34. The molecule has 0 saturated heterocycles. The lowest BCUT2D eigenvalue weighted by atomic mass is 10.1. The quantitative estimate of drug-likeness (QED) is 0.765. The topological polar surface area (TPSA) is 89.1 Å². The van der Waals surface area contributed by atoms with E-state index in [9.17, 15) is 9.18 Å². The Kier molecular flexibility index (Phi) is 3.77. The number of hydrogen-bond acceptors (Lipinski definition) is 5. The molecule has 2 heterocycles. The predicted octanol–water partition coefficient (Wildman–Crippen LogP) is 2.63. The molecule has 0 atom stereocenters. The molecule has 1 aromatic heterocycles. The largest absolute Gasteiger partial charge is 0.486 e. The number of benzene rings is 2. The van der Waals surface area contributed by atoms with Crippen molar-refractivity contribution in [2.45, 2.75) is 0 Å². The summed E-state index contributed by atoms with van der Waals surface area (Å²) in [5.74, 6) is 0.403. The Morgan fingerprint density at radius 3 is 2.60 bits per heavy atom. The number of nitrogens with zero attached hydrogens (tertiary/aromatic N) is 2. The van der Waals surface area contributed by atoms with Gasteiger partial charge in [0.1, 0.15) is 24.7 Å². The number of anilines is 1. The zero-order valence-electron chi connectivity index (χ0n) is 13.0. The maximum Gasteiger partial charge on any atom is 0.278 e. The summed E-state index contributed by atoms with van der Waals surface area (Å²) in [6.45, 7) is 0.959. The molecule has 0 unspecified atom stereocenters. The van der Waals surface area contributed by atoms with Gasteiger partial charge in [0.15, 0.2) is 17.2 Å². The van der Waals surface area contributed by atoms with Crippen LogP contribution in [0.2, 0.25) is 0 Å². The molecule has 25 heavy (non-hydrogen) atoms. The number of amides is 1. The zero-order chi connectivity index (χ0) is 17.2. The van der Waals surface area contributed by atoms with Crippen LogP contribution >= 0.6 is 0 Å². The second-order valence-electron chi connectivity index (χ2n) is 5.34. The van der Waals surface area contributed by atoms with Crippen LogP contribution in [-0.4, -0.2) is 34.5 Å². The van der Waals surface area contributed by atoms with E-state index in [4.69, 9.17) is 9.47 Å². The summed E-state index contributed by atoms with van der Waals surface area (Å²) in [5, 5.41) is 13.1. The number of rotatable bonds is 3. The molecule has 8 heteroatoms. The third-order valence-electron chi connectivity index (χ3n) is 3.68. The molecule has 3 aromatic rings. The van der Waals surface area contributed by atoms with Crippen molar-refractivity contribution in [3.05, 3.63) is 54.0 Å². The summed E-state index contributed by atoms with van der Waals surface area (Å²) in [5.41, 5.74) is 1.58. The van der Waals surface area contributed by atoms with E-state index in [2.05, 4.69) is 20.7 Å². The lowest BCUT2D eigenvalue weighted by Crippen LogP contribution is -2.17. The molecule has 2 aromatic carbocycles. The molecule has 0 fully saturated rings. The summed E-state index contributed by atoms with van der Waals surface area (Å²) in [6.07, 6.45) is 0. The first-order valence-electron chi connectivity index (χ1n) is 7.58. The molecule has 0 spiro atoms. The number of carbonyl (C=O) groups excluding carboxylic acids is 1. The van der Waals surface area contributed by atoms with Gasteiger partial charge in [-0.2, -0.15) is 15.4 Å². The van der Waals surface area contributed by atoms with Crippen molar-refractivity contribution in [1.82, 2.24) is 15.4 Å². The Morgan fingerprint density at radius 1 is 1.04 bits per heavy atom. The number of halogens is 1. The number of nitrogens with one attached hydrogen (secondary N) is 2. The van der Waals surface area contributed by atoms with E-state index < -0.39 is 5.91 Å². The van der Waals surface area contributed by atoms with Gasteiger partial charge in [0, 0.05) is 17.3 Å². The van der Waals surface area contributed by atoms with Crippen molar-refractivity contribution in [2.75, 3.05) is 18.5 Å². The molecular formula is C17H13FN4O3.